The van der Waals surface area contributed by atoms with E-state index in [-0.39, 0.29) is 47.4 Å². The molecule has 136 valence electrons. The van der Waals surface area contributed by atoms with Gasteiger partial charge in [0.2, 0.25) is 5.91 Å². The lowest BCUT2D eigenvalue weighted by atomic mass is 9.86. The minimum atomic E-state index is -0.789. The highest BCUT2D eigenvalue weighted by molar-refractivity contribution is 6.30. The van der Waals surface area contributed by atoms with E-state index in [0.29, 0.717) is 25.7 Å². The number of halogens is 1. The number of amides is 1. The van der Waals surface area contributed by atoms with Gasteiger partial charge < -0.3 is 15.2 Å². The van der Waals surface area contributed by atoms with E-state index in [9.17, 15) is 19.7 Å². The van der Waals surface area contributed by atoms with E-state index in [0.717, 1.165) is 0 Å². The fraction of sp³-hybridized carbons (Fsp3) is 0.500. The van der Waals surface area contributed by atoms with Crippen molar-refractivity contribution in [1.82, 2.24) is 5.32 Å². The number of carbonyl (C=O) groups is 2. The van der Waals surface area contributed by atoms with Crippen LogP contribution in [0.15, 0.2) is 18.2 Å². The van der Waals surface area contributed by atoms with Crippen molar-refractivity contribution in [3.05, 3.63) is 33.3 Å². The molecule has 0 unspecified atom stereocenters. The van der Waals surface area contributed by atoms with E-state index < -0.39 is 10.9 Å². The first-order valence-electron chi connectivity index (χ1n) is 7.95. The summed E-state index contributed by atoms with van der Waals surface area (Å²) in [5.41, 5.74) is -0.250. The first-order chi connectivity index (χ1) is 11.9. The molecule has 8 nitrogen and oxygen atoms in total. The number of carbonyl (C=O) groups excluding carboxylic acids is 1. The molecule has 1 amide bonds. The molecule has 25 heavy (non-hydrogen) atoms. The number of hydrogen-bond donors (Lipinski definition) is 2. The molecule has 0 atom stereocenters. The standard InChI is InChI=1S/C16H19ClN2O6/c17-11-3-6-14(13(9-11)19(23)24)25-8-7-15(20)18-12-4-1-10(2-5-12)16(21)22/h3,6,9-10,12H,1-2,4-5,7-8H2,(H,18,20)(H,21,22). The van der Waals surface area contributed by atoms with Crippen LogP contribution in [0.4, 0.5) is 5.69 Å². The highest BCUT2D eigenvalue weighted by Crippen LogP contribution is 2.30. The Kier molecular flexibility index (Phi) is 6.58. The molecule has 1 fully saturated rings. The van der Waals surface area contributed by atoms with E-state index in [1.165, 1.54) is 18.2 Å². The summed E-state index contributed by atoms with van der Waals surface area (Å²) in [5.74, 6) is -1.29. The van der Waals surface area contributed by atoms with Gasteiger partial charge in [-0.1, -0.05) is 11.6 Å². The van der Waals surface area contributed by atoms with Crippen LogP contribution in [0, 0.1) is 16.0 Å². The Bertz CT molecular complexity index is 658. The number of aliphatic carboxylic acids is 1. The maximum Gasteiger partial charge on any atom is 0.312 e. The zero-order chi connectivity index (χ0) is 18.4. The molecular formula is C16H19ClN2O6. The first-order valence-corrected chi connectivity index (χ1v) is 8.33. The van der Waals surface area contributed by atoms with E-state index in [4.69, 9.17) is 21.4 Å². The maximum atomic E-state index is 11.9. The average Bonchev–Trinajstić information content (AvgIpc) is 2.56. The lowest BCUT2D eigenvalue weighted by molar-refractivity contribution is -0.385. The monoisotopic (exact) mass is 370 g/mol. The van der Waals surface area contributed by atoms with Crippen LogP contribution < -0.4 is 10.1 Å². The molecule has 1 aliphatic carbocycles. The Morgan fingerprint density at radius 2 is 2.00 bits per heavy atom. The molecule has 0 spiro atoms. The summed E-state index contributed by atoms with van der Waals surface area (Å²) >= 11 is 5.72. The van der Waals surface area contributed by atoms with Gasteiger partial charge in [0.05, 0.1) is 23.9 Å². The number of benzene rings is 1. The van der Waals surface area contributed by atoms with E-state index in [2.05, 4.69) is 5.32 Å². The summed E-state index contributed by atoms with van der Waals surface area (Å²) < 4.78 is 5.32. The van der Waals surface area contributed by atoms with Gasteiger partial charge in [0.15, 0.2) is 5.75 Å². The number of carboxylic acid groups (broad SMARTS) is 1. The van der Waals surface area contributed by atoms with Gasteiger partial charge in [-0.05, 0) is 37.8 Å². The summed E-state index contributed by atoms with van der Waals surface area (Å²) in [4.78, 5) is 33.2. The zero-order valence-corrected chi connectivity index (χ0v) is 14.2. The normalized spacial score (nSPS) is 19.9. The van der Waals surface area contributed by atoms with Crippen molar-refractivity contribution < 1.29 is 24.4 Å². The van der Waals surface area contributed by atoms with Gasteiger partial charge in [-0.15, -0.1) is 0 Å². The third kappa shape index (κ3) is 5.60. The highest BCUT2D eigenvalue weighted by Gasteiger charge is 2.26. The van der Waals surface area contributed by atoms with Gasteiger partial charge in [0.25, 0.3) is 0 Å². The van der Waals surface area contributed by atoms with Gasteiger partial charge in [-0.25, -0.2) is 0 Å². The fourth-order valence-electron chi connectivity index (χ4n) is 2.79. The Morgan fingerprint density at radius 3 is 2.60 bits per heavy atom. The van der Waals surface area contributed by atoms with E-state index >= 15 is 0 Å². The second kappa shape index (κ2) is 8.66. The topological polar surface area (TPSA) is 119 Å². The number of ether oxygens (including phenoxy) is 1. The maximum absolute atomic E-state index is 11.9. The Balaban J connectivity index is 1.76. The molecule has 1 aromatic rings. The van der Waals surface area contributed by atoms with E-state index in [1.54, 1.807) is 0 Å². The molecule has 0 bridgehead atoms. The molecule has 9 heteroatoms. The number of nitrogens with zero attached hydrogens (tertiary/aromatic N) is 1. The van der Waals surface area contributed by atoms with Crippen molar-refractivity contribution >= 4 is 29.2 Å². The fourth-order valence-corrected chi connectivity index (χ4v) is 2.96. The Hall–Kier alpha value is -2.35. The van der Waals surface area contributed by atoms with Crippen molar-refractivity contribution in [3.8, 4) is 5.75 Å². The quantitative estimate of drug-likeness (QED) is 0.562. The van der Waals surface area contributed by atoms with Gasteiger partial charge in [-0.2, -0.15) is 0 Å². The molecule has 0 radical (unpaired) electrons. The molecule has 2 N–H and O–H groups in total. The molecule has 1 aliphatic rings. The highest BCUT2D eigenvalue weighted by atomic mass is 35.5. The van der Waals surface area contributed by atoms with Gasteiger partial charge in [0.1, 0.15) is 0 Å². The molecular weight excluding hydrogens is 352 g/mol. The largest absolute Gasteiger partial charge is 0.486 e. The molecule has 0 saturated heterocycles. The van der Waals surface area contributed by atoms with Crippen LogP contribution >= 0.6 is 11.6 Å². The zero-order valence-electron chi connectivity index (χ0n) is 13.4. The SMILES string of the molecule is O=C(CCOc1ccc(Cl)cc1[N+](=O)[O-])NC1CCC(C(=O)O)CC1. The number of carboxylic acids is 1. The predicted octanol–water partition coefficient (Wildman–Crippen LogP) is 2.78. The first kappa shape index (κ1) is 19.0. The molecule has 0 aliphatic heterocycles. The summed E-state index contributed by atoms with van der Waals surface area (Å²) in [5, 5.41) is 23.0. The van der Waals surface area contributed by atoms with Crippen LogP contribution in [0.3, 0.4) is 0 Å². The number of nitro benzene ring substituents is 1. The van der Waals surface area contributed by atoms with Crippen molar-refractivity contribution in [1.29, 1.82) is 0 Å². The second-order valence-corrected chi connectivity index (χ2v) is 6.36. The lowest BCUT2D eigenvalue weighted by Crippen LogP contribution is -2.39. The molecule has 1 saturated carbocycles. The summed E-state index contributed by atoms with van der Waals surface area (Å²) in [6.45, 7) is -0.00121. The van der Waals surface area contributed by atoms with Crippen LogP contribution in [-0.4, -0.2) is 34.6 Å². The summed E-state index contributed by atoms with van der Waals surface area (Å²) in [6, 6.07) is 4.03. The molecule has 0 heterocycles. The predicted molar refractivity (Wildman–Crippen MR) is 89.7 cm³/mol. The van der Waals surface area contributed by atoms with Crippen molar-refractivity contribution in [2.24, 2.45) is 5.92 Å². The van der Waals surface area contributed by atoms with Crippen molar-refractivity contribution in [2.45, 2.75) is 38.1 Å². The van der Waals surface area contributed by atoms with Crippen molar-refractivity contribution in [3.63, 3.8) is 0 Å². The van der Waals surface area contributed by atoms with Gasteiger partial charge in [-0.3, -0.25) is 19.7 Å². The Labute approximate surface area is 149 Å². The van der Waals surface area contributed by atoms with Crippen LogP contribution in [0.2, 0.25) is 5.02 Å². The minimum absolute atomic E-state index is 0.00121. The van der Waals surface area contributed by atoms with Crippen LogP contribution in [0.1, 0.15) is 32.1 Å². The number of nitro groups is 1. The smallest absolute Gasteiger partial charge is 0.312 e. The average molecular weight is 371 g/mol. The molecule has 0 aromatic heterocycles. The van der Waals surface area contributed by atoms with Crippen LogP contribution in [0.5, 0.6) is 5.75 Å². The van der Waals surface area contributed by atoms with Gasteiger partial charge >= 0.3 is 11.7 Å². The molecule has 2 rings (SSSR count). The van der Waals surface area contributed by atoms with Gasteiger partial charge in [0, 0.05) is 17.1 Å². The van der Waals surface area contributed by atoms with Crippen LogP contribution in [-0.2, 0) is 9.59 Å². The Morgan fingerprint density at radius 1 is 1.32 bits per heavy atom. The third-order valence-corrected chi connectivity index (χ3v) is 4.38. The summed E-state index contributed by atoms with van der Waals surface area (Å²) in [6.07, 6.45) is 2.42. The third-order valence-electron chi connectivity index (χ3n) is 4.15. The number of hydrogen-bond acceptors (Lipinski definition) is 5. The summed E-state index contributed by atoms with van der Waals surface area (Å²) in [7, 11) is 0. The molecule has 1 aromatic carbocycles. The minimum Gasteiger partial charge on any atom is -0.486 e. The van der Waals surface area contributed by atoms with E-state index in [1.807, 2.05) is 0 Å². The lowest BCUT2D eigenvalue weighted by Gasteiger charge is -2.26. The van der Waals surface area contributed by atoms with Crippen LogP contribution in [0.25, 0.3) is 0 Å². The second-order valence-electron chi connectivity index (χ2n) is 5.92. The number of nitrogens with one attached hydrogen (secondary N) is 1. The van der Waals surface area contributed by atoms with Crippen molar-refractivity contribution in [2.75, 3.05) is 6.61 Å². The number of rotatable bonds is 7.